The Bertz CT molecular complexity index is 517. The fourth-order valence-electron chi connectivity index (χ4n) is 2.14. The molecule has 0 fully saturated rings. The normalized spacial score (nSPS) is 12.9. The van der Waals surface area contributed by atoms with Crippen molar-refractivity contribution in [1.29, 1.82) is 0 Å². The third kappa shape index (κ3) is 3.23. The van der Waals surface area contributed by atoms with Crippen LogP contribution < -0.4 is 5.73 Å². The van der Waals surface area contributed by atoms with Crippen LogP contribution in [0, 0.1) is 0 Å². The van der Waals surface area contributed by atoms with Crippen LogP contribution in [0.25, 0.3) is 11.3 Å². The number of aromatic nitrogens is 1. The van der Waals surface area contributed by atoms with Crippen molar-refractivity contribution in [1.82, 2.24) is 4.98 Å². The Hall–Kier alpha value is -1.19. The molecule has 0 aliphatic heterocycles. The van der Waals surface area contributed by atoms with Crippen molar-refractivity contribution in [3.05, 3.63) is 40.2 Å². The van der Waals surface area contributed by atoms with Gasteiger partial charge >= 0.3 is 0 Å². The van der Waals surface area contributed by atoms with Crippen molar-refractivity contribution in [2.45, 2.75) is 45.6 Å². The fraction of sp³-hybridized carbons (Fsp3) is 0.438. The largest absolute Gasteiger partial charge is 0.322 e. The van der Waals surface area contributed by atoms with Gasteiger partial charge in [0.2, 0.25) is 0 Å². The zero-order valence-corrected chi connectivity index (χ0v) is 12.7. The summed E-state index contributed by atoms with van der Waals surface area (Å²) in [4.78, 5) is 6.15. The molecule has 0 aliphatic rings. The molecule has 0 aliphatic carbocycles. The highest BCUT2D eigenvalue weighted by Crippen LogP contribution is 2.36. The lowest BCUT2D eigenvalue weighted by Crippen LogP contribution is -2.09. The molecule has 0 saturated heterocycles. The summed E-state index contributed by atoms with van der Waals surface area (Å²) in [5, 5.41) is 1.07. The van der Waals surface area contributed by atoms with Gasteiger partial charge < -0.3 is 5.73 Å². The van der Waals surface area contributed by atoms with Gasteiger partial charge in [-0.3, -0.25) is 0 Å². The summed E-state index contributed by atoms with van der Waals surface area (Å²) in [5.41, 5.74) is 8.52. The molecule has 2 N–H and O–H groups in total. The van der Waals surface area contributed by atoms with Crippen LogP contribution in [0.15, 0.2) is 30.3 Å². The van der Waals surface area contributed by atoms with Gasteiger partial charge in [0.1, 0.15) is 5.01 Å². The van der Waals surface area contributed by atoms with Crippen molar-refractivity contribution in [3.8, 4) is 11.3 Å². The molecule has 0 saturated carbocycles. The standard InChI is InChI=1S/C16H22N2S/c1-4-8-13(17)16-18-14(15(19-16)11(2)3)12-9-6-5-7-10-12/h5-7,9-11,13H,4,8,17H2,1-3H3. The van der Waals surface area contributed by atoms with Crippen LogP contribution in [0.1, 0.15) is 55.5 Å². The van der Waals surface area contributed by atoms with E-state index in [4.69, 9.17) is 10.7 Å². The molecular formula is C16H22N2S. The third-order valence-corrected chi connectivity index (χ3v) is 4.65. The van der Waals surface area contributed by atoms with E-state index in [0.717, 1.165) is 23.5 Å². The number of rotatable bonds is 5. The second-order valence-corrected chi connectivity index (χ2v) is 6.24. The monoisotopic (exact) mass is 274 g/mol. The van der Waals surface area contributed by atoms with Crippen molar-refractivity contribution in [2.75, 3.05) is 0 Å². The van der Waals surface area contributed by atoms with Crippen LogP contribution in [0.5, 0.6) is 0 Å². The molecule has 2 nitrogen and oxygen atoms in total. The minimum atomic E-state index is 0.0740. The average molecular weight is 274 g/mol. The summed E-state index contributed by atoms with van der Waals surface area (Å²) in [7, 11) is 0. The molecule has 0 radical (unpaired) electrons. The molecule has 1 aromatic heterocycles. The summed E-state index contributed by atoms with van der Waals surface area (Å²) in [6.45, 7) is 6.60. The lowest BCUT2D eigenvalue weighted by Gasteiger charge is -2.05. The van der Waals surface area contributed by atoms with Gasteiger partial charge in [-0.15, -0.1) is 11.3 Å². The van der Waals surface area contributed by atoms with E-state index in [1.807, 2.05) is 6.07 Å². The van der Waals surface area contributed by atoms with Crippen LogP contribution in [0.4, 0.5) is 0 Å². The maximum absolute atomic E-state index is 6.21. The van der Waals surface area contributed by atoms with Gasteiger partial charge in [0.05, 0.1) is 11.7 Å². The topological polar surface area (TPSA) is 38.9 Å². The van der Waals surface area contributed by atoms with Gasteiger partial charge in [0.25, 0.3) is 0 Å². The molecule has 0 amide bonds. The fourth-order valence-corrected chi connectivity index (χ4v) is 3.26. The van der Waals surface area contributed by atoms with E-state index >= 15 is 0 Å². The molecule has 1 atom stereocenters. The van der Waals surface area contributed by atoms with Crippen LogP contribution >= 0.6 is 11.3 Å². The number of nitrogens with zero attached hydrogens (tertiary/aromatic N) is 1. The smallest absolute Gasteiger partial charge is 0.110 e. The Morgan fingerprint density at radius 3 is 2.47 bits per heavy atom. The van der Waals surface area contributed by atoms with E-state index in [1.165, 1.54) is 10.4 Å². The highest BCUT2D eigenvalue weighted by molar-refractivity contribution is 7.12. The van der Waals surface area contributed by atoms with Crippen LogP contribution in [0.2, 0.25) is 0 Å². The number of thiazole rings is 1. The van der Waals surface area contributed by atoms with Gasteiger partial charge in [-0.1, -0.05) is 57.5 Å². The van der Waals surface area contributed by atoms with E-state index in [-0.39, 0.29) is 6.04 Å². The zero-order chi connectivity index (χ0) is 13.8. The zero-order valence-electron chi connectivity index (χ0n) is 11.9. The van der Waals surface area contributed by atoms with Crippen molar-refractivity contribution in [2.24, 2.45) is 5.73 Å². The second-order valence-electron chi connectivity index (χ2n) is 5.18. The minimum Gasteiger partial charge on any atom is -0.322 e. The van der Waals surface area contributed by atoms with Crippen molar-refractivity contribution >= 4 is 11.3 Å². The van der Waals surface area contributed by atoms with E-state index < -0.39 is 0 Å². The molecule has 102 valence electrons. The first-order valence-electron chi connectivity index (χ1n) is 6.95. The van der Waals surface area contributed by atoms with E-state index in [1.54, 1.807) is 11.3 Å². The molecule has 3 heteroatoms. The predicted octanol–water partition coefficient (Wildman–Crippen LogP) is 4.73. The summed E-state index contributed by atoms with van der Waals surface area (Å²) in [6.07, 6.45) is 2.09. The molecule has 0 spiro atoms. The Balaban J connectivity index is 2.42. The van der Waals surface area contributed by atoms with Crippen molar-refractivity contribution in [3.63, 3.8) is 0 Å². The number of nitrogens with two attached hydrogens (primary N) is 1. The number of benzene rings is 1. The Morgan fingerprint density at radius 1 is 1.21 bits per heavy atom. The molecule has 19 heavy (non-hydrogen) atoms. The Labute approximate surface area is 119 Å². The highest BCUT2D eigenvalue weighted by atomic mass is 32.1. The molecule has 2 aromatic rings. The maximum atomic E-state index is 6.21. The number of hydrogen-bond donors (Lipinski definition) is 1. The SMILES string of the molecule is CCCC(N)c1nc(-c2ccccc2)c(C(C)C)s1. The second kappa shape index (κ2) is 6.31. The van der Waals surface area contributed by atoms with Gasteiger partial charge in [0.15, 0.2) is 0 Å². The quantitative estimate of drug-likeness (QED) is 0.855. The third-order valence-electron chi connectivity index (χ3n) is 3.16. The molecule has 2 rings (SSSR count). The predicted molar refractivity (Wildman–Crippen MR) is 83.5 cm³/mol. The molecule has 1 unspecified atom stereocenters. The van der Waals surface area contributed by atoms with Crippen LogP contribution in [-0.2, 0) is 0 Å². The molecule has 1 heterocycles. The average Bonchev–Trinajstić information content (AvgIpc) is 2.85. The lowest BCUT2D eigenvalue weighted by molar-refractivity contribution is 0.635. The van der Waals surface area contributed by atoms with Gasteiger partial charge in [0, 0.05) is 10.4 Å². The minimum absolute atomic E-state index is 0.0740. The Morgan fingerprint density at radius 2 is 1.89 bits per heavy atom. The first kappa shape index (κ1) is 14.2. The van der Waals surface area contributed by atoms with E-state index in [0.29, 0.717) is 5.92 Å². The van der Waals surface area contributed by atoms with Gasteiger partial charge in [-0.25, -0.2) is 4.98 Å². The van der Waals surface area contributed by atoms with E-state index in [2.05, 4.69) is 45.0 Å². The first-order valence-corrected chi connectivity index (χ1v) is 7.76. The molecular weight excluding hydrogens is 252 g/mol. The number of hydrogen-bond acceptors (Lipinski definition) is 3. The van der Waals surface area contributed by atoms with Crippen LogP contribution in [0.3, 0.4) is 0 Å². The van der Waals surface area contributed by atoms with Gasteiger partial charge in [-0.05, 0) is 12.3 Å². The van der Waals surface area contributed by atoms with E-state index in [9.17, 15) is 0 Å². The maximum Gasteiger partial charge on any atom is 0.110 e. The summed E-state index contributed by atoms with van der Waals surface area (Å²) < 4.78 is 0. The lowest BCUT2D eigenvalue weighted by atomic mass is 10.1. The summed E-state index contributed by atoms with van der Waals surface area (Å²) in [6, 6.07) is 10.5. The molecule has 0 bridgehead atoms. The summed E-state index contributed by atoms with van der Waals surface area (Å²) in [5.74, 6) is 0.482. The summed E-state index contributed by atoms with van der Waals surface area (Å²) >= 11 is 1.77. The first-order chi connectivity index (χ1) is 9.13. The highest BCUT2D eigenvalue weighted by Gasteiger charge is 2.18. The van der Waals surface area contributed by atoms with Crippen LogP contribution in [-0.4, -0.2) is 4.98 Å². The Kier molecular flexibility index (Phi) is 4.72. The molecule has 1 aromatic carbocycles. The van der Waals surface area contributed by atoms with Crippen molar-refractivity contribution < 1.29 is 0 Å². The van der Waals surface area contributed by atoms with Gasteiger partial charge in [-0.2, -0.15) is 0 Å².